The van der Waals surface area contributed by atoms with Crippen molar-refractivity contribution in [2.75, 3.05) is 127 Å². The van der Waals surface area contributed by atoms with Crippen molar-refractivity contribution in [1.82, 2.24) is 15.1 Å². The molecule has 0 aromatic heterocycles. The Labute approximate surface area is 862 Å². The lowest BCUT2D eigenvalue weighted by Gasteiger charge is -2.29. The summed E-state index contributed by atoms with van der Waals surface area (Å²) in [6, 6.07) is 0. The van der Waals surface area contributed by atoms with Gasteiger partial charge in [0.05, 0.1) is 46.2 Å². The molecule has 0 spiro atoms. The number of hydrogen-bond acceptors (Lipinski definition) is 16. The van der Waals surface area contributed by atoms with Gasteiger partial charge in [0.2, 0.25) is 0 Å². The molecule has 0 aromatic carbocycles. The molecule has 21 nitrogen and oxygen atoms in total. The quantitative estimate of drug-likeness (QED) is 0.0711. The number of carboxylic acid groups (broad SMARTS) is 1. The maximum atomic E-state index is 11.6. The van der Waals surface area contributed by atoms with E-state index in [1.807, 2.05) is 37.5 Å². The van der Waals surface area contributed by atoms with Gasteiger partial charge in [-0.3, -0.25) is 33.6 Å². The first kappa shape index (κ1) is 122. The van der Waals surface area contributed by atoms with Gasteiger partial charge in [0.15, 0.2) is 28.6 Å². The van der Waals surface area contributed by atoms with E-state index >= 15 is 0 Å². The molecular formula is C121H205N7O14+4. The van der Waals surface area contributed by atoms with E-state index in [-0.39, 0.29) is 54.2 Å². The third-order valence-electron chi connectivity index (χ3n) is 32.5. The zero-order valence-corrected chi connectivity index (χ0v) is 92.1. The van der Waals surface area contributed by atoms with Gasteiger partial charge in [-0.1, -0.05) is 69.1 Å². The smallest absolute Gasteiger partial charge is 0.332 e. The molecule has 12 aliphatic carbocycles. The van der Waals surface area contributed by atoms with Crippen LogP contribution in [0, 0.1) is 35.5 Å². The lowest BCUT2D eigenvalue weighted by atomic mass is 9.81. The van der Waals surface area contributed by atoms with Gasteiger partial charge in [0.1, 0.15) is 63.9 Å². The van der Waals surface area contributed by atoms with Crippen LogP contribution in [0.1, 0.15) is 465 Å². The maximum Gasteiger partial charge on any atom is 0.332 e. The number of nitrogens with one attached hydrogen (secondary N) is 1. The largest absolute Gasteiger partial charge is 0.481 e. The molecule has 0 radical (unpaired) electrons. The first-order valence-electron chi connectivity index (χ1n) is 58.5. The SMILES string of the molecule is C1=C(N2CCCCC2)CCC1.C1=C(N2CCCCC2)CCC1.C1CCNCC1.C1CC[N+](=C2CCCC2=C2CCCC2)CC1.C1CC[N+](=C2CCCCC2=C2CCCC2)CC1.C=C(C)C(=O)OC.CC(=O)O.CCO.COC(=O)C(C)CC1CCCC1=O.COC(=O)C(C)CC1CCCC1=[N+]1CCCCC1.COC(=O)C(C)CC1CCCCC1=[N+]1CCCCC1.O=C1CCCC1.O=C1CCCC1=C1CCCC1. The normalized spacial score (nSPS) is 23.9. The van der Waals surface area contributed by atoms with Crippen molar-refractivity contribution in [1.29, 1.82) is 0 Å². The number of carboxylic acids is 1. The van der Waals surface area contributed by atoms with Crippen molar-refractivity contribution >= 4 is 70.0 Å². The molecule has 10 saturated carbocycles. The summed E-state index contributed by atoms with van der Waals surface area (Å²) in [4.78, 5) is 91.4. The van der Waals surface area contributed by atoms with Gasteiger partial charge < -0.3 is 44.3 Å². The summed E-state index contributed by atoms with van der Waals surface area (Å²) >= 11 is 0. The van der Waals surface area contributed by atoms with Crippen LogP contribution in [0.2, 0.25) is 0 Å². The Bertz CT molecular complexity index is 3980. The molecular weight excluding hydrogens is 1780 g/mol. The number of allylic oxidation sites excluding steroid dienone is 10. The lowest BCUT2D eigenvalue weighted by molar-refractivity contribution is -0.541. The van der Waals surface area contributed by atoms with Crippen LogP contribution in [0.4, 0.5) is 0 Å². The standard InChI is InChI=1S/C16H28NO2.C16H26N.C15H26NO2.C15H24N.2C10H17N.C10H16O3.C10H14O.C5H11N.C5H8O2.C5H8O.C2H4O2.C2H6O/c1-13(16(18)19-2)12-14-8-4-5-9-15(14)17-10-6-3-7-11-17;1-6-12-17(13-7-1)16-11-5-4-10-15(16)14-8-2-3-9-14;1-12(15(17)18-2)11-13-7-6-8-14(13)16-9-4-3-5-10-16;1-4-11-16(12-5-1)15-10-6-9-14(15)13-7-2-3-8-13;2*1-4-8-11(9-5-1)10-6-2-3-7-10;1-7(10(12)13-2)6-8-4-3-5-9(8)11;11-10-7-3-6-9(10)8-4-1-2-5-8;1-2-4-6-5-3-1;1-4(2)5(6)7-3;6-5-3-1-2-4-5;1-2(3)4;1-2-3/h13-14H,3-12H2,1-2H3;1-13H2;12-13H,3-11H2,1-2H3;1-12H2;2*6H,1-5,7-9H2;7-8H,3-6H2,1-2H3;1-7H2;6H,1-5H2;1H2,2-3H3;1-4H2;1H3,(H,3,4);3H,2H2,1H3/q4*+1;;;;;;;;;. The number of piperidine rings is 7. The first-order valence-corrected chi connectivity index (χ1v) is 58.5. The number of aliphatic carboxylic acids is 1. The number of Topliss-reactive ketones (excluding diaryl/α,β-unsaturated/α-hetero) is 3. The van der Waals surface area contributed by atoms with E-state index in [0.717, 1.165) is 77.6 Å². The van der Waals surface area contributed by atoms with Crippen LogP contribution in [-0.2, 0) is 57.3 Å². The number of aliphatic hydroxyl groups is 1. The summed E-state index contributed by atoms with van der Waals surface area (Å²) in [6.07, 6.45) is 89.9. The molecule has 19 aliphatic rings. The molecule has 7 saturated heterocycles. The number of carbonyl (C=O) groups is 8. The Balaban J connectivity index is 0.000000214. The zero-order valence-electron chi connectivity index (χ0n) is 92.1. The molecule has 3 N–H and O–H groups in total. The van der Waals surface area contributed by atoms with Gasteiger partial charge >= 0.3 is 23.9 Å². The molecule has 21 heteroatoms. The second kappa shape index (κ2) is 73.2. The highest BCUT2D eigenvalue weighted by Gasteiger charge is 2.38. The number of rotatable bonds is 12. The molecule has 142 heavy (non-hydrogen) atoms. The summed E-state index contributed by atoms with van der Waals surface area (Å²) in [6.45, 7) is 31.9. The molecule has 7 heterocycles. The second-order valence-corrected chi connectivity index (χ2v) is 43.8. The number of esters is 4. The average Bonchev–Trinajstić information content (AvgIpc) is 1.44. The Morgan fingerprint density at radius 1 is 0.366 bits per heavy atom. The van der Waals surface area contributed by atoms with Crippen molar-refractivity contribution in [3.63, 3.8) is 0 Å². The second-order valence-electron chi connectivity index (χ2n) is 43.8. The summed E-state index contributed by atoms with van der Waals surface area (Å²) in [7, 11) is 5.70. The first-order chi connectivity index (χ1) is 69.0. The van der Waals surface area contributed by atoms with E-state index in [9.17, 15) is 33.6 Å². The summed E-state index contributed by atoms with van der Waals surface area (Å²) < 4.78 is 29.3. The van der Waals surface area contributed by atoms with E-state index in [1.54, 1.807) is 53.7 Å². The van der Waals surface area contributed by atoms with Crippen molar-refractivity contribution in [3.05, 3.63) is 69.1 Å². The Hall–Kier alpha value is -7.00. The molecule has 6 atom stereocenters. The molecule has 19 rings (SSSR count). The van der Waals surface area contributed by atoms with E-state index in [0.29, 0.717) is 47.6 Å². The minimum Gasteiger partial charge on any atom is -0.481 e. The van der Waals surface area contributed by atoms with E-state index < -0.39 is 5.97 Å². The Morgan fingerprint density at radius 3 is 1.01 bits per heavy atom. The third-order valence-corrected chi connectivity index (χ3v) is 32.5. The molecule has 0 bridgehead atoms. The molecule has 6 unspecified atom stereocenters. The highest BCUT2D eigenvalue weighted by Crippen LogP contribution is 2.39. The topological polar surface area (TPSA) is 244 Å². The fraction of sp³-hybridized carbons (Fsp3) is 0.802. The van der Waals surface area contributed by atoms with E-state index in [2.05, 4.69) is 61.6 Å². The van der Waals surface area contributed by atoms with Crippen molar-refractivity contribution < 1.29 is 85.8 Å². The number of ketones is 3. The van der Waals surface area contributed by atoms with Crippen molar-refractivity contribution in [2.24, 2.45) is 35.5 Å². The minimum absolute atomic E-state index is 0.0351. The van der Waals surface area contributed by atoms with Crippen LogP contribution in [0.25, 0.3) is 0 Å². The number of nitrogens with zero attached hydrogens (tertiary/aromatic N) is 6. The fourth-order valence-electron chi connectivity index (χ4n) is 24.8. The predicted octanol–water partition coefficient (Wildman–Crippen LogP) is 25.3. The number of hydrogen-bond donors (Lipinski definition) is 3. The van der Waals surface area contributed by atoms with Crippen LogP contribution >= 0.6 is 0 Å². The van der Waals surface area contributed by atoms with Crippen molar-refractivity contribution in [2.45, 2.75) is 465 Å². The summed E-state index contributed by atoms with van der Waals surface area (Å²) in [5.41, 5.74) is 20.5. The van der Waals surface area contributed by atoms with Crippen LogP contribution in [-0.4, -0.2) is 235 Å². The van der Waals surface area contributed by atoms with E-state index in [1.165, 1.54) is 472 Å². The molecule has 0 aromatic rings. The van der Waals surface area contributed by atoms with Crippen molar-refractivity contribution in [3.8, 4) is 0 Å². The van der Waals surface area contributed by atoms with Crippen LogP contribution in [0.15, 0.2) is 69.1 Å². The summed E-state index contributed by atoms with van der Waals surface area (Å²) in [5.74, 6) is 0.992. The maximum absolute atomic E-state index is 11.6. The average molecular weight is 1980 g/mol. The lowest BCUT2D eigenvalue weighted by Crippen LogP contribution is -2.35. The zero-order chi connectivity index (χ0) is 102. The number of methoxy groups -OCH3 is 4. The Kier molecular flexibility index (Phi) is 62.8. The molecule has 804 valence electrons. The number of ether oxygens (including phenoxy) is 4. The van der Waals surface area contributed by atoms with Gasteiger partial charge in [0, 0.05) is 188 Å². The van der Waals surface area contributed by atoms with Gasteiger partial charge in [-0.15, -0.1) is 0 Å². The Morgan fingerprint density at radius 2 is 0.683 bits per heavy atom. The van der Waals surface area contributed by atoms with Crippen LogP contribution in [0.5, 0.6) is 0 Å². The minimum atomic E-state index is -0.833. The number of carbonyl (C=O) groups excluding carboxylic acids is 7. The van der Waals surface area contributed by atoms with E-state index in [4.69, 9.17) is 24.5 Å². The van der Waals surface area contributed by atoms with Crippen LogP contribution < -0.4 is 5.32 Å². The van der Waals surface area contributed by atoms with Gasteiger partial charge in [0.25, 0.3) is 5.97 Å². The monoisotopic (exact) mass is 1980 g/mol. The number of likely N-dealkylation sites (tertiary alicyclic amines) is 2. The van der Waals surface area contributed by atoms with Crippen LogP contribution in [0.3, 0.4) is 0 Å². The molecule has 0 amide bonds. The highest BCUT2D eigenvalue weighted by atomic mass is 16.5. The molecule has 7 aliphatic heterocycles. The third kappa shape index (κ3) is 46.6. The fourth-order valence-corrected chi connectivity index (χ4v) is 24.8. The van der Waals surface area contributed by atoms with Gasteiger partial charge in [-0.05, 0) is 341 Å². The number of aliphatic hydroxyl groups excluding tert-OH is 1. The molecule has 17 fully saturated rings. The summed E-state index contributed by atoms with van der Waals surface area (Å²) in [5, 5.41) is 18.3. The predicted molar refractivity (Wildman–Crippen MR) is 580 cm³/mol. The van der Waals surface area contributed by atoms with Gasteiger partial charge in [-0.25, -0.2) is 23.1 Å². The van der Waals surface area contributed by atoms with Gasteiger partial charge in [-0.2, -0.15) is 0 Å². The highest BCUT2D eigenvalue weighted by molar-refractivity contribution is 6.00.